The minimum Gasteiger partial charge on any atom is -0.356 e. The molecule has 1 aromatic rings. The van der Waals surface area contributed by atoms with E-state index in [9.17, 15) is 14.9 Å². The van der Waals surface area contributed by atoms with E-state index in [1.54, 1.807) is 18.2 Å². The lowest BCUT2D eigenvalue weighted by Crippen LogP contribution is -2.27. The van der Waals surface area contributed by atoms with E-state index < -0.39 is 11.0 Å². The fourth-order valence-corrected chi connectivity index (χ4v) is 1.72. The molecule has 7 nitrogen and oxygen atoms in total. The van der Waals surface area contributed by atoms with Gasteiger partial charge in [-0.3, -0.25) is 20.2 Å². The number of nitrogens with zero attached hydrogens (tertiary/aromatic N) is 2. The highest BCUT2D eigenvalue weighted by atomic mass is 16.6. The van der Waals surface area contributed by atoms with E-state index in [-0.39, 0.29) is 11.6 Å². The van der Waals surface area contributed by atoms with Gasteiger partial charge in [0.15, 0.2) is 0 Å². The number of hydrogen-bond donors (Lipinski definition) is 2. The van der Waals surface area contributed by atoms with Gasteiger partial charge in [-0.2, -0.15) is 5.26 Å². The molecule has 20 heavy (non-hydrogen) atoms. The molecule has 0 heterocycles. The highest BCUT2D eigenvalue weighted by Gasteiger charge is 2.20. The lowest BCUT2D eigenvalue weighted by atomic mass is 10.1. The maximum atomic E-state index is 10.9. The number of para-hydroxylation sites is 1. The van der Waals surface area contributed by atoms with Crippen LogP contribution in [0.2, 0.25) is 0 Å². The van der Waals surface area contributed by atoms with Gasteiger partial charge in [-0.05, 0) is 19.0 Å². The van der Waals surface area contributed by atoms with Crippen molar-refractivity contribution >= 4 is 11.6 Å². The molecule has 1 rings (SSSR count). The zero-order valence-electron chi connectivity index (χ0n) is 11.1. The summed E-state index contributed by atoms with van der Waals surface area (Å²) >= 11 is 0. The normalized spacial score (nSPS) is 11.4. The van der Waals surface area contributed by atoms with Crippen LogP contribution in [0.15, 0.2) is 24.3 Å². The minimum absolute atomic E-state index is 0.0755. The number of nitrogens with one attached hydrogen (secondary N) is 2. The van der Waals surface area contributed by atoms with Gasteiger partial charge < -0.3 is 5.32 Å². The third kappa shape index (κ3) is 4.66. The van der Waals surface area contributed by atoms with Gasteiger partial charge in [0.05, 0.1) is 16.6 Å². The first kappa shape index (κ1) is 15.6. The molecule has 106 valence electrons. The lowest BCUT2D eigenvalue weighted by Gasteiger charge is -2.12. The van der Waals surface area contributed by atoms with Crippen molar-refractivity contribution in [2.24, 2.45) is 0 Å². The van der Waals surface area contributed by atoms with Crippen molar-refractivity contribution in [1.82, 2.24) is 10.6 Å². The fourth-order valence-electron chi connectivity index (χ4n) is 1.72. The Kier molecular flexibility index (Phi) is 6.13. The number of benzene rings is 1. The molecule has 0 saturated carbocycles. The molecule has 0 aliphatic rings. The largest absolute Gasteiger partial charge is 0.356 e. The average molecular weight is 276 g/mol. The van der Waals surface area contributed by atoms with Gasteiger partial charge in [0.25, 0.3) is 5.69 Å². The molecule has 0 fully saturated rings. The Morgan fingerprint density at radius 3 is 2.75 bits per heavy atom. The van der Waals surface area contributed by atoms with Crippen molar-refractivity contribution in [2.75, 3.05) is 13.1 Å². The monoisotopic (exact) mass is 276 g/mol. The molecule has 0 aliphatic carbocycles. The Morgan fingerprint density at radius 1 is 1.45 bits per heavy atom. The molecule has 0 aliphatic heterocycles. The van der Waals surface area contributed by atoms with Gasteiger partial charge in [-0.25, -0.2) is 0 Å². The maximum absolute atomic E-state index is 10.9. The van der Waals surface area contributed by atoms with Gasteiger partial charge in [0.1, 0.15) is 6.04 Å². The SMILES string of the molecule is CC(=O)NCCCNC(C#N)c1ccccc1[N+](=O)[O-]. The summed E-state index contributed by atoms with van der Waals surface area (Å²) in [5, 5.41) is 25.6. The summed E-state index contributed by atoms with van der Waals surface area (Å²) < 4.78 is 0. The molecular formula is C13H16N4O3. The van der Waals surface area contributed by atoms with E-state index in [1.807, 2.05) is 6.07 Å². The first-order valence-electron chi connectivity index (χ1n) is 6.17. The minimum atomic E-state index is -0.742. The van der Waals surface area contributed by atoms with Crippen molar-refractivity contribution in [1.29, 1.82) is 5.26 Å². The second-order valence-corrected chi connectivity index (χ2v) is 4.17. The smallest absolute Gasteiger partial charge is 0.275 e. The van der Waals surface area contributed by atoms with E-state index in [1.165, 1.54) is 13.0 Å². The summed E-state index contributed by atoms with van der Waals surface area (Å²) in [6.45, 7) is 2.40. The summed E-state index contributed by atoms with van der Waals surface area (Å²) in [5.41, 5.74) is 0.271. The molecule has 1 amide bonds. The standard InChI is InChI=1S/C13H16N4O3/c1-10(18)15-7-4-8-16-12(9-14)11-5-2-3-6-13(11)17(19)20/h2-3,5-6,12,16H,4,7-8H2,1H3,(H,15,18). The molecule has 0 bridgehead atoms. The molecule has 0 radical (unpaired) electrons. The van der Waals surface area contributed by atoms with Gasteiger partial charge in [0.2, 0.25) is 5.91 Å². The van der Waals surface area contributed by atoms with Crippen LogP contribution in [0.1, 0.15) is 24.9 Å². The van der Waals surface area contributed by atoms with Crippen LogP contribution in [-0.4, -0.2) is 23.9 Å². The number of nitriles is 1. The van der Waals surface area contributed by atoms with Gasteiger partial charge >= 0.3 is 0 Å². The number of carbonyl (C=O) groups excluding carboxylic acids is 1. The predicted molar refractivity (Wildman–Crippen MR) is 72.8 cm³/mol. The average Bonchev–Trinajstić information content (AvgIpc) is 2.42. The van der Waals surface area contributed by atoms with Gasteiger partial charge in [-0.15, -0.1) is 0 Å². The van der Waals surface area contributed by atoms with Crippen LogP contribution in [0.4, 0.5) is 5.69 Å². The van der Waals surface area contributed by atoms with Crippen LogP contribution in [0.5, 0.6) is 0 Å². The summed E-state index contributed by atoms with van der Waals surface area (Å²) in [6.07, 6.45) is 0.637. The summed E-state index contributed by atoms with van der Waals surface area (Å²) in [6, 6.07) is 7.43. The van der Waals surface area contributed by atoms with Crippen LogP contribution in [0, 0.1) is 21.4 Å². The molecule has 1 atom stereocenters. The van der Waals surface area contributed by atoms with Gasteiger partial charge in [-0.1, -0.05) is 12.1 Å². The number of hydrogen-bond acceptors (Lipinski definition) is 5. The Morgan fingerprint density at radius 2 is 2.15 bits per heavy atom. The third-order valence-corrected chi connectivity index (χ3v) is 2.65. The number of rotatable bonds is 7. The van der Waals surface area contributed by atoms with Crippen LogP contribution in [-0.2, 0) is 4.79 Å². The summed E-state index contributed by atoms with van der Waals surface area (Å²) in [4.78, 5) is 21.1. The van der Waals surface area contributed by atoms with E-state index in [2.05, 4.69) is 10.6 Å². The highest BCUT2D eigenvalue weighted by Crippen LogP contribution is 2.24. The van der Waals surface area contributed by atoms with E-state index in [4.69, 9.17) is 5.26 Å². The Bertz CT molecular complexity index is 525. The predicted octanol–water partition coefficient (Wildman–Crippen LogP) is 1.28. The van der Waals surface area contributed by atoms with Crippen molar-refractivity contribution in [3.63, 3.8) is 0 Å². The lowest BCUT2D eigenvalue weighted by molar-refractivity contribution is -0.385. The topological polar surface area (TPSA) is 108 Å². The second kappa shape index (κ2) is 7.86. The quantitative estimate of drug-likeness (QED) is 0.443. The summed E-state index contributed by atoms with van der Waals surface area (Å²) in [5.74, 6) is -0.111. The highest BCUT2D eigenvalue weighted by molar-refractivity contribution is 5.72. The first-order valence-corrected chi connectivity index (χ1v) is 6.17. The molecule has 0 saturated heterocycles. The zero-order valence-corrected chi connectivity index (χ0v) is 11.1. The molecule has 1 unspecified atom stereocenters. The number of carbonyl (C=O) groups is 1. The first-order chi connectivity index (χ1) is 9.56. The molecule has 1 aromatic carbocycles. The van der Waals surface area contributed by atoms with E-state index in [0.717, 1.165) is 0 Å². The van der Waals surface area contributed by atoms with Crippen molar-refractivity contribution < 1.29 is 9.72 Å². The maximum Gasteiger partial charge on any atom is 0.275 e. The molecule has 2 N–H and O–H groups in total. The number of nitro groups is 1. The van der Waals surface area contributed by atoms with Crippen LogP contribution >= 0.6 is 0 Å². The van der Waals surface area contributed by atoms with E-state index in [0.29, 0.717) is 25.1 Å². The fraction of sp³-hybridized carbons (Fsp3) is 0.385. The number of nitro benzene ring substituents is 1. The van der Waals surface area contributed by atoms with Crippen LogP contribution < -0.4 is 10.6 Å². The van der Waals surface area contributed by atoms with Gasteiger partial charge in [0, 0.05) is 19.5 Å². The summed E-state index contributed by atoms with van der Waals surface area (Å²) in [7, 11) is 0. The number of amides is 1. The third-order valence-electron chi connectivity index (χ3n) is 2.65. The van der Waals surface area contributed by atoms with Crippen molar-refractivity contribution in [3.05, 3.63) is 39.9 Å². The molecule has 0 spiro atoms. The van der Waals surface area contributed by atoms with E-state index >= 15 is 0 Å². The Balaban J connectivity index is 2.61. The zero-order chi connectivity index (χ0) is 15.0. The van der Waals surface area contributed by atoms with Crippen molar-refractivity contribution in [2.45, 2.75) is 19.4 Å². The van der Waals surface area contributed by atoms with Crippen molar-refractivity contribution in [3.8, 4) is 6.07 Å². The molecule has 0 aromatic heterocycles. The van der Waals surface area contributed by atoms with Crippen LogP contribution in [0.3, 0.4) is 0 Å². The molecule has 7 heteroatoms. The second-order valence-electron chi connectivity index (χ2n) is 4.17. The molecular weight excluding hydrogens is 260 g/mol. The Labute approximate surface area is 116 Å². The van der Waals surface area contributed by atoms with Crippen LogP contribution in [0.25, 0.3) is 0 Å². The Hall–Kier alpha value is -2.46.